The zero-order valence-corrected chi connectivity index (χ0v) is 21.6. The summed E-state index contributed by atoms with van der Waals surface area (Å²) in [5, 5.41) is 9.98. The molecule has 168 valence electrons. The molecule has 0 radical (unpaired) electrons. The second kappa shape index (κ2) is 13.5. The predicted molar refractivity (Wildman–Crippen MR) is 139 cm³/mol. The summed E-state index contributed by atoms with van der Waals surface area (Å²) in [7, 11) is 2.11. The highest BCUT2D eigenvalue weighted by atomic mass is 127. The van der Waals surface area contributed by atoms with Crippen molar-refractivity contribution in [2.24, 2.45) is 4.99 Å². The Morgan fingerprint density at radius 2 is 1.94 bits per heavy atom. The van der Waals surface area contributed by atoms with Gasteiger partial charge in [-0.1, -0.05) is 24.3 Å². The fraction of sp³-hybridized carbons (Fsp3) is 0.391. The number of furan rings is 1. The standard InChI is InChI=1S/C23H31N5OS.HI/c1-4-24-23(25-12-11-21-17-30-18(2)27-21)26-14-19-8-5-6-9-20(19)15-28(3)16-22-10-7-13-29-22;/h5-10,13,17H,4,11-12,14-16H2,1-3H3,(H2,24,25,26);1H. The van der Waals surface area contributed by atoms with E-state index in [0.717, 1.165) is 55.0 Å². The highest BCUT2D eigenvalue weighted by molar-refractivity contribution is 14.0. The summed E-state index contributed by atoms with van der Waals surface area (Å²) in [6, 6.07) is 12.4. The number of benzene rings is 1. The minimum absolute atomic E-state index is 0. The topological polar surface area (TPSA) is 65.7 Å². The van der Waals surface area contributed by atoms with Crippen LogP contribution >= 0.6 is 35.3 Å². The number of hydrogen-bond acceptors (Lipinski definition) is 5. The molecule has 0 saturated heterocycles. The van der Waals surface area contributed by atoms with Crippen molar-refractivity contribution >= 4 is 41.3 Å². The van der Waals surface area contributed by atoms with Crippen molar-refractivity contribution in [1.82, 2.24) is 20.5 Å². The number of thiazole rings is 1. The molecule has 0 amide bonds. The van der Waals surface area contributed by atoms with Gasteiger partial charge in [0.15, 0.2) is 5.96 Å². The normalized spacial score (nSPS) is 11.4. The molecule has 2 heterocycles. The maximum absolute atomic E-state index is 5.46. The zero-order chi connectivity index (χ0) is 21.2. The molecule has 3 rings (SSSR count). The highest BCUT2D eigenvalue weighted by Gasteiger charge is 2.08. The van der Waals surface area contributed by atoms with Crippen molar-refractivity contribution in [3.63, 3.8) is 0 Å². The minimum Gasteiger partial charge on any atom is -0.468 e. The van der Waals surface area contributed by atoms with Crippen LogP contribution < -0.4 is 10.6 Å². The molecule has 2 N–H and O–H groups in total. The Kier molecular flexibility index (Phi) is 11.0. The van der Waals surface area contributed by atoms with Gasteiger partial charge in [0.1, 0.15) is 5.76 Å². The molecule has 0 fully saturated rings. The molecule has 31 heavy (non-hydrogen) atoms. The van der Waals surface area contributed by atoms with Gasteiger partial charge in [-0.05, 0) is 44.2 Å². The van der Waals surface area contributed by atoms with Gasteiger partial charge in [0, 0.05) is 31.4 Å². The molecule has 0 unspecified atom stereocenters. The van der Waals surface area contributed by atoms with E-state index in [-0.39, 0.29) is 24.0 Å². The van der Waals surface area contributed by atoms with Gasteiger partial charge < -0.3 is 15.1 Å². The molecular formula is C23H32IN5OS. The van der Waals surface area contributed by atoms with E-state index in [1.54, 1.807) is 17.6 Å². The number of nitrogens with zero attached hydrogens (tertiary/aromatic N) is 3. The van der Waals surface area contributed by atoms with Crippen molar-refractivity contribution in [3.05, 3.63) is 75.6 Å². The Labute approximate surface area is 206 Å². The number of halogens is 1. The van der Waals surface area contributed by atoms with Crippen LogP contribution in [-0.4, -0.2) is 36.0 Å². The molecule has 2 aromatic heterocycles. The molecule has 3 aromatic rings. The van der Waals surface area contributed by atoms with Crippen molar-refractivity contribution in [2.75, 3.05) is 20.1 Å². The number of nitrogens with one attached hydrogen (secondary N) is 2. The number of guanidine groups is 1. The first-order valence-corrected chi connectivity index (χ1v) is 11.2. The van der Waals surface area contributed by atoms with Gasteiger partial charge in [-0.25, -0.2) is 9.98 Å². The largest absolute Gasteiger partial charge is 0.468 e. The van der Waals surface area contributed by atoms with Crippen molar-refractivity contribution in [3.8, 4) is 0 Å². The SMILES string of the molecule is CCNC(=NCc1ccccc1CN(C)Cc1ccco1)NCCc1csc(C)n1.I. The molecule has 0 aliphatic heterocycles. The Morgan fingerprint density at radius 1 is 1.13 bits per heavy atom. The maximum Gasteiger partial charge on any atom is 0.191 e. The van der Waals surface area contributed by atoms with Crippen molar-refractivity contribution in [1.29, 1.82) is 0 Å². The van der Waals surface area contributed by atoms with Crippen LogP contribution in [0.3, 0.4) is 0 Å². The average Bonchev–Trinajstić information content (AvgIpc) is 3.38. The van der Waals surface area contributed by atoms with Gasteiger partial charge in [0.2, 0.25) is 0 Å². The maximum atomic E-state index is 5.46. The molecule has 0 spiro atoms. The van der Waals surface area contributed by atoms with Crippen LogP contribution in [0.5, 0.6) is 0 Å². The summed E-state index contributed by atoms with van der Waals surface area (Å²) in [5.74, 6) is 1.81. The van der Waals surface area contributed by atoms with E-state index in [1.165, 1.54) is 11.1 Å². The lowest BCUT2D eigenvalue weighted by Gasteiger charge is -2.17. The van der Waals surface area contributed by atoms with E-state index in [0.29, 0.717) is 6.54 Å². The summed E-state index contributed by atoms with van der Waals surface area (Å²) in [6.07, 6.45) is 2.61. The summed E-state index contributed by atoms with van der Waals surface area (Å²) in [4.78, 5) is 11.6. The lowest BCUT2D eigenvalue weighted by atomic mass is 10.1. The second-order valence-electron chi connectivity index (χ2n) is 7.25. The van der Waals surface area contributed by atoms with Gasteiger partial charge in [-0.15, -0.1) is 35.3 Å². The monoisotopic (exact) mass is 553 g/mol. The van der Waals surface area contributed by atoms with E-state index in [9.17, 15) is 0 Å². The third-order valence-electron chi connectivity index (χ3n) is 4.66. The van der Waals surface area contributed by atoms with Gasteiger partial charge in [-0.2, -0.15) is 0 Å². The summed E-state index contributed by atoms with van der Waals surface area (Å²) in [5.41, 5.74) is 3.64. The van der Waals surface area contributed by atoms with E-state index in [4.69, 9.17) is 9.41 Å². The smallest absolute Gasteiger partial charge is 0.191 e. The molecule has 1 aromatic carbocycles. The number of aromatic nitrogens is 1. The third kappa shape index (κ3) is 8.62. The van der Waals surface area contributed by atoms with Crippen LogP contribution in [0.2, 0.25) is 0 Å². The number of hydrogen-bond donors (Lipinski definition) is 2. The molecule has 0 aliphatic carbocycles. The fourth-order valence-electron chi connectivity index (χ4n) is 3.22. The van der Waals surface area contributed by atoms with Crippen molar-refractivity contribution in [2.45, 2.75) is 39.9 Å². The minimum atomic E-state index is 0. The van der Waals surface area contributed by atoms with Crippen LogP contribution in [0.4, 0.5) is 0 Å². The summed E-state index contributed by atoms with van der Waals surface area (Å²) < 4.78 is 5.46. The van der Waals surface area contributed by atoms with Crippen LogP contribution in [-0.2, 0) is 26.1 Å². The predicted octanol–water partition coefficient (Wildman–Crippen LogP) is 4.59. The fourth-order valence-corrected chi connectivity index (χ4v) is 3.87. The van der Waals surface area contributed by atoms with Gasteiger partial charge in [0.05, 0.1) is 30.1 Å². The second-order valence-corrected chi connectivity index (χ2v) is 8.31. The molecule has 0 bridgehead atoms. The van der Waals surface area contributed by atoms with E-state index >= 15 is 0 Å². The van der Waals surface area contributed by atoms with E-state index < -0.39 is 0 Å². The highest BCUT2D eigenvalue weighted by Crippen LogP contribution is 2.14. The van der Waals surface area contributed by atoms with Crippen molar-refractivity contribution < 1.29 is 4.42 Å². The van der Waals surface area contributed by atoms with Crippen LogP contribution in [0.1, 0.15) is 34.5 Å². The molecule has 8 heteroatoms. The van der Waals surface area contributed by atoms with E-state index in [2.05, 4.69) is 64.1 Å². The quantitative estimate of drug-likeness (QED) is 0.219. The molecule has 0 saturated carbocycles. The first-order valence-electron chi connectivity index (χ1n) is 10.3. The summed E-state index contributed by atoms with van der Waals surface area (Å²) in [6.45, 7) is 8.02. The Balaban J connectivity index is 0.00000341. The molecule has 6 nitrogen and oxygen atoms in total. The number of aliphatic imine (C=N–C) groups is 1. The average molecular weight is 554 g/mol. The van der Waals surface area contributed by atoms with Gasteiger partial charge in [-0.3, -0.25) is 4.90 Å². The first-order chi connectivity index (χ1) is 14.6. The number of rotatable bonds is 10. The third-order valence-corrected chi connectivity index (χ3v) is 5.48. The van der Waals surface area contributed by atoms with Gasteiger partial charge >= 0.3 is 0 Å². The van der Waals surface area contributed by atoms with Crippen LogP contribution in [0, 0.1) is 6.92 Å². The van der Waals surface area contributed by atoms with Gasteiger partial charge in [0.25, 0.3) is 0 Å². The lowest BCUT2D eigenvalue weighted by Crippen LogP contribution is -2.38. The zero-order valence-electron chi connectivity index (χ0n) is 18.4. The lowest BCUT2D eigenvalue weighted by molar-refractivity contribution is 0.287. The number of aryl methyl sites for hydroxylation is 1. The van der Waals surface area contributed by atoms with Crippen LogP contribution in [0.15, 0.2) is 57.5 Å². The Morgan fingerprint density at radius 3 is 2.61 bits per heavy atom. The molecular weight excluding hydrogens is 521 g/mol. The Hall–Kier alpha value is -1.91. The molecule has 0 atom stereocenters. The summed E-state index contributed by atoms with van der Waals surface area (Å²) >= 11 is 1.69. The Bertz CT molecular complexity index is 926. The first kappa shape index (κ1) is 25.4. The van der Waals surface area contributed by atoms with Crippen LogP contribution in [0.25, 0.3) is 0 Å². The molecule has 0 aliphatic rings. The van der Waals surface area contributed by atoms with E-state index in [1.807, 2.05) is 19.1 Å².